The van der Waals surface area contributed by atoms with Gasteiger partial charge in [0.1, 0.15) is 0 Å². The summed E-state index contributed by atoms with van der Waals surface area (Å²) < 4.78 is 0. The third kappa shape index (κ3) is 2.27. The SMILES string of the molecule is CCCNC1(C(=O)N(C)C)CCCC1. The lowest BCUT2D eigenvalue weighted by Crippen LogP contribution is -2.54. The zero-order valence-corrected chi connectivity index (χ0v) is 9.60. The quantitative estimate of drug-likeness (QED) is 0.740. The Morgan fingerprint density at radius 2 is 1.93 bits per heavy atom. The maximum absolute atomic E-state index is 12.0. The van der Waals surface area contributed by atoms with Crippen molar-refractivity contribution in [2.75, 3.05) is 20.6 Å². The molecule has 0 bridgehead atoms. The van der Waals surface area contributed by atoms with E-state index in [0.717, 1.165) is 25.8 Å². The van der Waals surface area contributed by atoms with Crippen LogP contribution in [0.25, 0.3) is 0 Å². The largest absolute Gasteiger partial charge is 0.347 e. The number of nitrogens with one attached hydrogen (secondary N) is 1. The van der Waals surface area contributed by atoms with Crippen LogP contribution in [0.1, 0.15) is 39.0 Å². The van der Waals surface area contributed by atoms with E-state index in [1.807, 2.05) is 14.1 Å². The summed E-state index contributed by atoms with van der Waals surface area (Å²) >= 11 is 0. The van der Waals surface area contributed by atoms with Gasteiger partial charge in [-0.25, -0.2) is 0 Å². The molecule has 82 valence electrons. The van der Waals surface area contributed by atoms with Crippen LogP contribution in [0.2, 0.25) is 0 Å². The molecule has 0 spiro atoms. The summed E-state index contributed by atoms with van der Waals surface area (Å²) in [5, 5.41) is 3.43. The zero-order valence-electron chi connectivity index (χ0n) is 9.60. The van der Waals surface area contributed by atoms with Crippen molar-refractivity contribution < 1.29 is 4.79 Å². The second-order valence-electron chi connectivity index (χ2n) is 4.42. The van der Waals surface area contributed by atoms with Crippen molar-refractivity contribution in [2.45, 2.75) is 44.6 Å². The predicted molar refractivity (Wildman–Crippen MR) is 58.2 cm³/mol. The highest BCUT2D eigenvalue weighted by Gasteiger charge is 2.41. The molecule has 1 rings (SSSR count). The highest BCUT2D eigenvalue weighted by Crippen LogP contribution is 2.30. The lowest BCUT2D eigenvalue weighted by molar-refractivity contribution is -0.135. The molecule has 3 heteroatoms. The molecule has 0 heterocycles. The number of hydrogen-bond donors (Lipinski definition) is 1. The van der Waals surface area contributed by atoms with E-state index in [0.29, 0.717) is 0 Å². The van der Waals surface area contributed by atoms with Crippen LogP contribution in [-0.2, 0) is 4.79 Å². The number of likely N-dealkylation sites (N-methyl/N-ethyl adjacent to an activating group) is 1. The molecule has 1 fully saturated rings. The molecular formula is C11H22N2O. The maximum atomic E-state index is 12.0. The third-order valence-corrected chi connectivity index (χ3v) is 2.99. The van der Waals surface area contributed by atoms with Gasteiger partial charge >= 0.3 is 0 Å². The van der Waals surface area contributed by atoms with Crippen LogP contribution in [0.3, 0.4) is 0 Å². The molecule has 0 aromatic rings. The first-order chi connectivity index (χ1) is 6.62. The van der Waals surface area contributed by atoms with Gasteiger partial charge in [0, 0.05) is 14.1 Å². The summed E-state index contributed by atoms with van der Waals surface area (Å²) in [7, 11) is 3.69. The summed E-state index contributed by atoms with van der Waals surface area (Å²) in [5.41, 5.74) is -0.237. The van der Waals surface area contributed by atoms with E-state index in [9.17, 15) is 4.79 Å². The molecule has 0 aliphatic heterocycles. The van der Waals surface area contributed by atoms with Crippen molar-refractivity contribution in [1.82, 2.24) is 10.2 Å². The molecule has 0 aromatic heterocycles. The van der Waals surface area contributed by atoms with Crippen LogP contribution in [0, 0.1) is 0 Å². The Labute approximate surface area is 86.9 Å². The number of rotatable bonds is 4. The first-order valence-electron chi connectivity index (χ1n) is 5.59. The molecule has 1 saturated carbocycles. The number of amides is 1. The summed E-state index contributed by atoms with van der Waals surface area (Å²) in [6, 6.07) is 0. The van der Waals surface area contributed by atoms with Crippen molar-refractivity contribution in [3.63, 3.8) is 0 Å². The normalized spacial score (nSPS) is 19.6. The van der Waals surface area contributed by atoms with Gasteiger partial charge in [-0.05, 0) is 25.8 Å². The molecule has 14 heavy (non-hydrogen) atoms. The van der Waals surface area contributed by atoms with Crippen molar-refractivity contribution >= 4 is 5.91 Å². The highest BCUT2D eigenvalue weighted by atomic mass is 16.2. The second-order valence-corrected chi connectivity index (χ2v) is 4.42. The Kier molecular flexibility index (Phi) is 3.93. The third-order valence-electron chi connectivity index (χ3n) is 2.99. The van der Waals surface area contributed by atoms with Crippen LogP contribution in [0.5, 0.6) is 0 Å². The first kappa shape index (κ1) is 11.5. The minimum Gasteiger partial charge on any atom is -0.347 e. The highest BCUT2D eigenvalue weighted by molar-refractivity contribution is 5.86. The topological polar surface area (TPSA) is 32.3 Å². The van der Waals surface area contributed by atoms with Gasteiger partial charge in [-0.2, -0.15) is 0 Å². The van der Waals surface area contributed by atoms with E-state index in [1.54, 1.807) is 4.90 Å². The average molecular weight is 198 g/mol. The summed E-state index contributed by atoms with van der Waals surface area (Å²) in [5.74, 6) is 0.253. The molecule has 1 N–H and O–H groups in total. The van der Waals surface area contributed by atoms with Gasteiger partial charge in [0.05, 0.1) is 5.54 Å². The molecule has 3 nitrogen and oxygen atoms in total. The van der Waals surface area contributed by atoms with E-state index in [1.165, 1.54) is 12.8 Å². The fraction of sp³-hybridized carbons (Fsp3) is 0.909. The van der Waals surface area contributed by atoms with Gasteiger partial charge in [0.25, 0.3) is 0 Å². The Balaban J connectivity index is 2.65. The van der Waals surface area contributed by atoms with Gasteiger partial charge in [0.2, 0.25) is 5.91 Å². The Bertz CT molecular complexity index is 195. The standard InChI is InChI=1S/C11H22N2O/c1-4-9-12-11(7-5-6-8-11)10(14)13(2)3/h12H,4-9H2,1-3H3. The molecule has 1 aliphatic rings. The van der Waals surface area contributed by atoms with Gasteiger partial charge in [0.15, 0.2) is 0 Å². The zero-order chi connectivity index (χ0) is 10.6. The smallest absolute Gasteiger partial charge is 0.242 e. The van der Waals surface area contributed by atoms with Crippen LogP contribution in [0.15, 0.2) is 0 Å². The lowest BCUT2D eigenvalue weighted by Gasteiger charge is -2.31. The van der Waals surface area contributed by atoms with Crippen molar-refractivity contribution in [3.05, 3.63) is 0 Å². The summed E-state index contributed by atoms with van der Waals surface area (Å²) in [4.78, 5) is 13.8. The monoisotopic (exact) mass is 198 g/mol. The van der Waals surface area contributed by atoms with E-state index in [-0.39, 0.29) is 11.4 Å². The molecule has 0 atom stereocenters. The molecule has 0 saturated heterocycles. The van der Waals surface area contributed by atoms with Gasteiger partial charge < -0.3 is 10.2 Å². The van der Waals surface area contributed by atoms with Crippen molar-refractivity contribution in [2.24, 2.45) is 0 Å². The Morgan fingerprint density at radius 3 is 2.36 bits per heavy atom. The van der Waals surface area contributed by atoms with Crippen molar-refractivity contribution in [3.8, 4) is 0 Å². The fourth-order valence-corrected chi connectivity index (χ4v) is 2.24. The maximum Gasteiger partial charge on any atom is 0.242 e. The van der Waals surface area contributed by atoms with Crippen LogP contribution in [0.4, 0.5) is 0 Å². The number of nitrogens with zero attached hydrogens (tertiary/aromatic N) is 1. The van der Waals surface area contributed by atoms with Gasteiger partial charge in [-0.15, -0.1) is 0 Å². The summed E-state index contributed by atoms with van der Waals surface area (Å²) in [6.07, 6.45) is 5.45. The minimum atomic E-state index is -0.237. The van der Waals surface area contributed by atoms with E-state index >= 15 is 0 Å². The molecule has 0 unspecified atom stereocenters. The van der Waals surface area contributed by atoms with Gasteiger partial charge in [-0.3, -0.25) is 4.79 Å². The molecule has 1 amide bonds. The van der Waals surface area contributed by atoms with Crippen molar-refractivity contribution in [1.29, 1.82) is 0 Å². The van der Waals surface area contributed by atoms with E-state index in [2.05, 4.69) is 12.2 Å². The number of hydrogen-bond acceptors (Lipinski definition) is 2. The molecule has 1 aliphatic carbocycles. The van der Waals surface area contributed by atoms with Gasteiger partial charge in [-0.1, -0.05) is 19.8 Å². The Hall–Kier alpha value is -0.570. The van der Waals surface area contributed by atoms with Crippen LogP contribution in [-0.4, -0.2) is 37.0 Å². The Morgan fingerprint density at radius 1 is 1.36 bits per heavy atom. The van der Waals surface area contributed by atoms with E-state index < -0.39 is 0 Å². The lowest BCUT2D eigenvalue weighted by atomic mass is 9.95. The number of carbonyl (C=O) groups excluding carboxylic acids is 1. The van der Waals surface area contributed by atoms with Crippen LogP contribution < -0.4 is 5.32 Å². The molecule has 0 radical (unpaired) electrons. The minimum absolute atomic E-state index is 0.237. The van der Waals surface area contributed by atoms with E-state index in [4.69, 9.17) is 0 Å². The fourth-order valence-electron chi connectivity index (χ4n) is 2.24. The second kappa shape index (κ2) is 4.78. The molecule has 0 aromatic carbocycles. The first-order valence-corrected chi connectivity index (χ1v) is 5.59. The van der Waals surface area contributed by atoms with Crippen LogP contribution >= 0.6 is 0 Å². The molecular weight excluding hydrogens is 176 g/mol. The number of carbonyl (C=O) groups is 1. The summed E-state index contributed by atoms with van der Waals surface area (Å²) in [6.45, 7) is 3.08. The average Bonchev–Trinajstić information content (AvgIpc) is 2.63. The predicted octanol–water partition coefficient (Wildman–Crippen LogP) is 1.39.